The molecule has 6 heteroatoms. The quantitative estimate of drug-likeness (QED) is 0.674. The molecule has 0 aromatic carbocycles. The molecule has 0 saturated carbocycles. The highest BCUT2D eigenvalue weighted by molar-refractivity contribution is 7.09. The smallest absolute Gasteiger partial charge is 0.305 e. The summed E-state index contributed by atoms with van der Waals surface area (Å²) in [5.74, 6) is -0.951. The summed E-state index contributed by atoms with van der Waals surface area (Å²) in [6.07, 6.45) is 1.92. The van der Waals surface area contributed by atoms with Gasteiger partial charge in [-0.05, 0) is 0 Å². The van der Waals surface area contributed by atoms with Crippen LogP contribution >= 0.6 is 11.3 Å². The van der Waals surface area contributed by atoms with E-state index in [1.165, 1.54) is 11.3 Å². The minimum absolute atomic E-state index is 0.124. The second-order valence-electron chi connectivity index (χ2n) is 2.34. The zero-order valence-electron chi connectivity index (χ0n) is 6.64. The molecular weight excluding hydrogens is 192 g/mol. The maximum atomic E-state index is 10.4. The second-order valence-corrected chi connectivity index (χ2v) is 3.26. The van der Waals surface area contributed by atoms with Gasteiger partial charge in [0.2, 0.25) is 6.41 Å². The van der Waals surface area contributed by atoms with E-state index in [1.807, 2.05) is 0 Å². The Bertz CT molecular complexity index is 286. The average molecular weight is 200 g/mol. The maximum Gasteiger partial charge on any atom is 0.305 e. The number of nitrogens with zero attached hydrogens (tertiary/aromatic N) is 1. The first kappa shape index (κ1) is 9.66. The van der Waals surface area contributed by atoms with Crippen LogP contribution in [0.2, 0.25) is 0 Å². The highest BCUT2D eigenvalue weighted by Crippen LogP contribution is 2.19. The summed E-state index contributed by atoms with van der Waals surface area (Å²) < 4.78 is 0. The Labute approximate surface area is 78.4 Å². The van der Waals surface area contributed by atoms with Crippen LogP contribution in [0.3, 0.4) is 0 Å². The SMILES string of the molecule is O=CNC(CC(=O)O)c1cncs1. The van der Waals surface area contributed by atoms with E-state index in [4.69, 9.17) is 5.11 Å². The third-order valence-electron chi connectivity index (χ3n) is 1.44. The van der Waals surface area contributed by atoms with Crippen molar-refractivity contribution in [1.29, 1.82) is 0 Å². The van der Waals surface area contributed by atoms with Crippen LogP contribution in [0.25, 0.3) is 0 Å². The Kier molecular flexibility index (Phi) is 3.39. The molecule has 1 rings (SSSR count). The van der Waals surface area contributed by atoms with Crippen molar-refractivity contribution in [3.8, 4) is 0 Å². The van der Waals surface area contributed by atoms with Gasteiger partial charge in [0.25, 0.3) is 0 Å². The molecule has 0 bridgehead atoms. The lowest BCUT2D eigenvalue weighted by Crippen LogP contribution is -2.21. The Morgan fingerprint density at radius 2 is 2.62 bits per heavy atom. The van der Waals surface area contributed by atoms with Gasteiger partial charge in [-0.3, -0.25) is 14.6 Å². The third kappa shape index (κ3) is 2.83. The molecule has 0 spiro atoms. The summed E-state index contributed by atoms with van der Waals surface area (Å²) in [7, 11) is 0. The van der Waals surface area contributed by atoms with E-state index in [1.54, 1.807) is 11.7 Å². The first-order valence-corrected chi connectivity index (χ1v) is 4.42. The number of carbonyl (C=O) groups is 2. The molecule has 0 aliphatic carbocycles. The Balaban J connectivity index is 2.67. The van der Waals surface area contributed by atoms with Crippen LogP contribution in [0.1, 0.15) is 17.3 Å². The summed E-state index contributed by atoms with van der Waals surface area (Å²) in [6, 6.07) is -0.470. The molecular formula is C7H8N2O3S. The van der Waals surface area contributed by atoms with Crippen LogP contribution in [0.4, 0.5) is 0 Å². The number of nitrogens with one attached hydrogen (secondary N) is 1. The van der Waals surface area contributed by atoms with Gasteiger partial charge in [-0.15, -0.1) is 11.3 Å². The summed E-state index contributed by atoms with van der Waals surface area (Å²) in [4.78, 5) is 25.1. The number of hydrogen-bond acceptors (Lipinski definition) is 4. The second kappa shape index (κ2) is 4.56. The normalized spacial score (nSPS) is 12.0. The summed E-state index contributed by atoms with van der Waals surface area (Å²) in [6.45, 7) is 0. The van der Waals surface area contributed by atoms with E-state index >= 15 is 0 Å². The van der Waals surface area contributed by atoms with E-state index in [-0.39, 0.29) is 6.42 Å². The zero-order chi connectivity index (χ0) is 9.68. The largest absolute Gasteiger partial charge is 0.481 e. The molecule has 5 nitrogen and oxygen atoms in total. The summed E-state index contributed by atoms with van der Waals surface area (Å²) in [5, 5.41) is 11.0. The number of aromatic nitrogens is 1. The van der Waals surface area contributed by atoms with Gasteiger partial charge in [-0.25, -0.2) is 0 Å². The maximum absolute atomic E-state index is 10.4. The molecule has 1 aromatic heterocycles. The summed E-state index contributed by atoms with van der Waals surface area (Å²) in [5.41, 5.74) is 1.59. The highest BCUT2D eigenvalue weighted by atomic mass is 32.1. The molecule has 0 saturated heterocycles. The Morgan fingerprint density at radius 1 is 1.85 bits per heavy atom. The molecule has 0 fully saturated rings. The predicted octanol–water partition coefficient (Wildman–Crippen LogP) is 0.405. The zero-order valence-corrected chi connectivity index (χ0v) is 7.45. The number of aliphatic carboxylic acids is 1. The molecule has 0 aliphatic heterocycles. The monoisotopic (exact) mass is 200 g/mol. The number of carbonyl (C=O) groups excluding carboxylic acids is 1. The van der Waals surface area contributed by atoms with Crippen molar-refractivity contribution in [2.24, 2.45) is 0 Å². The van der Waals surface area contributed by atoms with Crippen molar-refractivity contribution in [1.82, 2.24) is 10.3 Å². The number of rotatable bonds is 5. The van der Waals surface area contributed by atoms with Gasteiger partial charge >= 0.3 is 5.97 Å². The van der Waals surface area contributed by atoms with Crippen molar-refractivity contribution in [2.45, 2.75) is 12.5 Å². The van der Waals surface area contributed by atoms with Crippen LogP contribution in [-0.4, -0.2) is 22.5 Å². The summed E-state index contributed by atoms with van der Waals surface area (Å²) >= 11 is 1.32. The van der Waals surface area contributed by atoms with Gasteiger partial charge in [-0.1, -0.05) is 0 Å². The molecule has 2 N–H and O–H groups in total. The first-order valence-electron chi connectivity index (χ1n) is 3.54. The number of carboxylic acid groups (broad SMARTS) is 1. The number of thiazole rings is 1. The van der Waals surface area contributed by atoms with Crippen LogP contribution < -0.4 is 5.32 Å². The Hall–Kier alpha value is -1.43. The van der Waals surface area contributed by atoms with Crippen molar-refractivity contribution in [3.05, 3.63) is 16.6 Å². The van der Waals surface area contributed by atoms with Gasteiger partial charge < -0.3 is 10.4 Å². The minimum atomic E-state index is -0.951. The number of amides is 1. The van der Waals surface area contributed by atoms with Gasteiger partial charge in [0.1, 0.15) is 0 Å². The lowest BCUT2D eigenvalue weighted by molar-refractivity contribution is -0.137. The highest BCUT2D eigenvalue weighted by Gasteiger charge is 2.15. The number of hydrogen-bond donors (Lipinski definition) is 2. The predicted molar refractivity (Wildman–Crippen MR) is 46.3 cm³/mol. The van der Waals surface area contributed by atoms with E-state index in [0.717, 1.165) is 4.88 Å². The molecule has 1 atom stereocenters. The van der Waals surface area contributed by atoms with Crippen LogP contribution in [0.5, 0.6) is 0 Å². The van der Waals surface area contributed by atoms with E-state index in [2.05, 4.69) is 10.3 Å². The van der Waals surface area contributed by atoms with Crippen molar-refractivity contribution in [2.75, 3.05) is 0 Å². The lowest BCUT2D eigenvalue weighted by Gasteiger charge is -2.10. The van der Waals surface area contributed by atoms with E-state index in [9.17, 15) is 9.59 Å². The molecule has 1 heterocycles. The standard InChI is InChI=1S/C7H8N2O3S/c10-3-9-5(1-7(11)12)6-2-8-4-13-6/h2-5H,1H2,(H,9,10)(H,11,12). The topological polar surface area (TPSA) is 79.3 Å². The molecule has 70 valence electrons. The first-order chi connectivity index (χ1) is 6.24. The fourth-order valence-electron chi connectivity index (χ4n) is 0.896. The Morgan fingerprint density at radius 3 is 3.08 bits per heavy atom. The van der Waals surface area contributed by atoms with Gasteiger partial charge in [0.05, 0.1) is 18.0 Å². The van der Waals surface area contributed by atoms with Crippen LogP contribution in [-0.2, 0) is 9.59 Å². The average Bonchev–Trinajstić information content (AvgIpc) is 2.54. The van der Waals surface area contributed by atoms with Gasteiger partial charge in [0, 0.05) is 11.1 Å². The fraction of sp³-hybridized carbons (Fsp3) is 0.286. The van der Waals surface area contributed by atoms with Crippen LogP contribution in [0.15, 0.2) is 11.7 Å². The van der Waals surface area contributed by atoms with Crippen molar-refractivity contribution >= 4 is 23.7 Å². The third-order valence-corrected chi connectivity index (χ3v) is 2.33. The van der Waals surface area contributed by atoms with Gasteiger partial charge in [-0.2, -0.15) is 0 Å². The van der Waals surface area contributed by atoms with Crippen molar-refractivity contribution in [3.63, 3.8) is 0 Å². The van der Waals surface area contributed by atoms with Crippen molar-refractivity contribution < 1.29 is 14.7 Å². The molecule has 0 radical (unpaired) electrons. The minimum Gasteiger partial charge on any atom is -0.481 e. The molecule has 0 aliphatic rings. The van der Waals surface area contributed by atoms with E-state index in [0.29, 0.717) is 6.41 Å². The van der Waals surface area contributed by atoms with Gasteiger partial charge in [0.15, 0.2) is 0 Å². The molecule has 1 amide bonds. The molecule has 13 heavy (non-hydrogen) atoms. The molecule has 1 aromatic rings. The van der Waals surface area contributed by atoms with E-state index < -0.39 is 12.0 Å². The lowest BCUT2D eigenvalue weighted by atomic mass is 10.2. The van der Waals surface area contributed by atoms with Crippen LogP contribution in [0, 0.1) is 0 Å². The molecule has 1 unspecified atom stereocenters. The fourth-order valence-corrected chi connectivity index (χ4v) is 1.58. The number of carboxylic acids is 1.